The van der Waals surface area contributed by atoms with Crippen LogP contribution in [0.5, 0.6) is 5.75 Å². The van der Waals surface area contributed by atoms with Gasteiger partial charge < -0.3 is 9.47 Å². The van der Waals surface area contributed by atoms with Crippen LogP contribution in [-0.2, 0) is 11.3 Å². The van der Waals surface area contributed by atoms with E-state index < -0.39 is 51.8 Å². The maximum absolute atomic E-state index is 14.9. The van der Waals surface area contributed by atoms with Gasteiger partial charge in [-0.1, -0.05) is 0 Å². The highest BCUT2D eigenvalue weighted by atomic mass is 19.1. The fourth-order valence-corrected chi connectivity index (χ4v) is 2.27. The van der Waals surface area contributed by atoms with Gasteiger partial charge >= 0.3 is 11.7 Å². The molecule has 2 rings (SSSR count). The molecule has 27 heavy (non-hydrogen) atoms. The van der Waals surface area contributed by atoms with E-state index in [0.29, 0.717) is 10.7 Å². The van der Waals surface area contributed by atoms with Crippen LogP contribution in [0.4, 0.5) is 14.5 Å². The average Bonchev–Trinajstić information content (AvgIpc) is 2.99. The van der Waals surface area contributed by atoms with E-state index in [4.69, 9.17) is 9.47 Å². The van der Waals surface area contributed by atoms with Crippen LogP contribution in [0.15, 0.2) is 10.9 Å². The van der Waals surface area contributed by atoms with Crippen LogP contribution in [0.2, 0.25) is 0 Å². The van der Waals surface area contributed by atoms with E-state index >= 15 is 0 Å². The van der Waals surface area contributed by atoms with Gasteiger partial charge in [-0.2, -0.15) is 9.36 Å². The number of halogens is 2. The van der Waals surface area contributed by atoms with Crippen molar-refractivity contribution in [2.45, 2.75) is 19.9 Å². The number of hydrogen-bond donors (Lipinski definition) is 0. The number of hydrogen-bond acceptors (Lipinski definition) is 8. The van der Waals surface area contributed by atoms with Crippen molar-refractivity contribution >= 4 is 11.7 Å². The number of carbonyl (C=O) groups is 1. The van der Waals surface area contributed by atoms with Gasteiger partial charge in [0, 0.05) is 6.07 Å². The molecule has 0 atom stereocenters. The zero-order valence-corrected chi connectivity index (χ0v) is 14.3. The monoisotopic (exact) mass is 387 g/mol. The fraction of sp³-hybridized carbons (Fsp3) is 0.429. The number of carbonyl (C=O) groups excluding carboxylic acids is 1. The second-order valence-corrected chi connectivity index (χ2v) is 5.05. The highest BCUT2D eigenvalue weighted by Gasteiger charge is 2.33. The Hall–Kier alpha value is -3.38. The van der Waals surface area contributed by atoms with Crippen molar-refractivity contribution in [1.82, 2.24) is 19.8 Å². The van der Waals surface area contributed by atoms with Crippen molar-refractivity contribution in [3.8, 4) is 11.4 Å². The Bertz CT molecular complexity index is 925. The van der Waals surface area contributed by atoms with Gasteiger partial charge in [-0.3, -0.25) is 14.5 Å². The number of nitro benzene ring substituents is 1. The number of tetrazole rings is 1. The third kappa shape index (κ3) is 3.75. The highest BCUT2D eigenvalue weighted by Crippen LogP contribution is 2.35. The molecule has 2 aromatic rings. The number of nitrogens with zero attached hydrogens (tertiary/aromatic N) is 5. The summed E-state index contributed by atoms with van der Waals surface area (Å²) in [4.78, 5) is 34.7. The summed E-state index contributed by atoms with van der Waals surface area (Å²) >= 11 is 0. The van der Waals surface area contributed by atoms with Gasteiger partial charge in [0.25, 0.3) is 5.69 Å². The summed E-state index contributed by atoms with van der Waals surface area (Å²) in [6.45, 7) is 0.541. The summed E-state index contributed by atoms with van der Waals surface area (Å²) in [6, 6.07) is 0.652. The largest absolute Gasteiger partial charge is 0.492 e. The van der Waals surface area contributed by atoms with E-state index in [9.17, 15) is 28.5 Å². The maximum Gasteiger partial charge on any atom is 0.368 e. The lowest BCUT2D eigenvalue weighted by Gasteiger charge is -2.12. The SMILES string of the molecule is CCOC(=O)c1c([N+](=O)[O-])cc(-n2nnn(CCCF)c2=O)c(F)c1OC. The van der Waals surface area contributed by atoms with Crippen molar-refractivity contribution in [3.05, 3.63) is 38.0 Å². The van der Waals surface area contributed by atoms with Gasteiger partial charge in [0.2, 0.25) is 0 Å². The van der Waals surface area contributed by atoms with E-state index in [2.05, 4.69) is 10.4 Å². The van der Waals surface area contributed by atoms with Gasteiger partial charge in [0.05, 0.1) is 31.9 Å². The second-order valence-electron chi connectivity index (χ2n) is 5.05. The van der Waals surface area contributed by atoms with Crippen LogP contribution in [0.25, 0.3) is 5.69 Å². The van der Waals surface area contributed by atoms with Crippen LogP contribution in [0, 0.1) is 15.9 Å². The lowest BCUT2D eigenvalue weighted by molar-refractivity contribution is -0.385. The third-order valence-corrected chi connectivity index (χ3v) is 3.43. The number of aromatic nitrogens is 4. The number of rotatable bonds is 8. The normalized spacial score (nSPS) is 10.7. The topological polar surface area (TPSA) is 131 Å². The number of methoxy groups -OCH3 is 1. The van der Waals surface area contributed by atoms with Crippen molar-refractivity contribution in [2.75, 3.05) is 20.4 Å². The number of esters is 1. The zero-order chi connectivity index (χ0) is 20.1. The first kappa shape index (κ1) is 19.9. The molecule has 11 nitrogen and oxygen atoms in total. The van der Waals surface area contributed by atoms with Gasteiger partial charge in [0.1, 0.15) is 5.69 Å². The Morgan fingerprint density at radius 3 is 2.67 bits per heavy atom. The molecule has 0 N–H and O–H groups in total. The lowest BCUT2D eigenvalue weighted by Crippen LogP contribution is -2.25. The summed E-state index contributed by atoms with van der Waals surface area (Å²) in [5.74, 6) is -3.18. The second kappa shape index (κ2) is 8.33. The molecule has 0 unspecified atom stereocenters. The fourth-order valence-electron chi connectivity index (χ4n) is 2.27. The summed E-state index contributed by atoms with van der Waals surface area (Å²) in [5.41, 5.74) is -3.17. The van der Waals surface area contributed by atoms with E-state index in [0.717, 1.165) is 11.8 Å². The Balaban J connectivity index is 2.71. The summed E-state index contributed by atoms with van der Waals surface area (Å²) < 4.78 is 37.9. The van der Waals surface area contributed by atoms with Crippen LogP contribution < -0.4 is 10.4 Å². The third-order valence-electron chi connectivity index (χ3n) is 3.43. The van der Waals surface area contributed by atoms with Crippen LogP contribution >= 0.6 is 0 Å². The predicted molar refractivity (Wildman–Crippen MR) is 85.3 cm³/mol. The van der Waals surface area contributed by atoms with Crippen molar-refractivity contribution in [1.29, 1.82) is 0 Å². The van der Waals surface area contributed by atoms with Gasteiger partial charge in [0.15, 0.2) is 17.1 Å². The number of nitro groups is 1. The number of benzene rings is 1. The molecule has 0 aliphatic heterocycles. The zero-order valence-electron chi connectivity index (χ0n) is 14.3. The maximum atomic E-state index is 14.9. The van der Waals surface area contributed by atoms with Crippen LogP contribution in [0.3, 0.4) is 0 Å². The molecule has 1 aromatic carbocycles. The molecule has 0 bridgehead atoms. The molecule has 0 aliphatic carbocycles. The molecule has 0 amide bonds. The molecule has 0 aliphatic rings. The molecule has 0 radical (unpaired) electrons. The summed E-state index contributed by atoms with van der Waals surface area (Å²) in [6.07, 6.45) is -0.0215. The number of alkyl halides is 1. The minimum absolute atomic E-state index is 0.0215. The Morgan fingerprint density at radius 2 is 2.11 bits per heavy atom. The molecule has 0 spiro atoms. The van der Waals surface area contributed by atoms with E-state index in [1.54, 1.807) is 0 Å². The Morgan fingerprint density at radius 1 is 1.41 bits per heavy atom. The van der Waals surface area contributed by atoms with Gasteiger partial charge in [-0.05, 0) is 23.8 Å². The van der Waals surface area contributed by atoms with Gasteiger partial charge in [-0.25, -0.2) is 14.0 Å². The van der Waals surface area contributed by atoms with E-state index in [1.807, 2.05) is 0 Å². The molecule has 1 aromatic heterocycles. The predicted octanol–water partition coefficient (Wildman–Crippen LogP) is 1.02. The molecule has 13 heteroatoms. The standard InChI is InChI=1S/C14H15F2N5O6/c1-3-27-13(22)10-8(21(24)25)7-9(11(16)12(10)26-2)20-14(23)19(17-18-20)6-4-5-15/h7H,3-6H2,1-2H3. The first-order valence-electron chi connectivity index (χ1n) is 7.68. The van der Waals surface area contributed by atoms with E-state index in [1.165, 1.54) is 6.92 Å². The quantitative estimate of drug-likeness (QED) is 0.373. The first-order valence-corrected chi connectivity index (χ1v) is 7.68. The van der Waals surface area contributed by atoms with Crippen LogP contribution in [-0.4, -0.2) is 51.1 Å². The number of aryl methyl sites for hydroxylation is 1. The molecule has 1 heterocycles. The molecule has 146 valence electrons. The van der Waals surface area contributed by atoms with Crippen molar-refractivity contribution < 1.29 is 28.0 Å². The van der Waals surface area contributed by atoms with Crippen molar-refractivity contribution in [3.63, 3.8) is 0 Å². The lowest BCUT2D eigenvalue weighted by atomic mass is 10.1. The minimum Gasteiger partial charge on any atom is -0.492 e. The molecular weight excluding hydrogens is 372 g/mol. The molecule has 0 saturated heterocycles. The molecule has 0 fully saturated rings. The summed E-state index contributed by atoms with van der Waals surface area (Å²) in [5, 5.41) is 18.3. The number of ether oxygens (including phenoxy) is 2. The molecule has 0 saturated carbocycles. The van der Waals surface area contributed by atoms with Crippen molar-refractivity contribution in [2.24, 2.45) is 0 Å². The highest BCUT2D eigenvalue weighted by molar-refractivity contribution is 5.97. The first-order chi connectivity index (χ1) is 12.9. The van der Waals surface area contributed by atoms with E-state index in [-0.39, 0.29) is 19.6 Å². The Labute approximate surface area is 150 Å². The smallest absolute Gasteiger partial charge is 0.368 e. The minimum atomic E-state index is -1.24. The molecular formula is C14H15F2N5O6. The van der Waals surface area contributed by atoms with Crippen LogP contribution in [0.1, 0.15) is 23.7 Å². The average molecular weight is 387 g/mol. The van der Waals surface area contributed by atoms with Gasteiger partial charge in [-0.15, -0.1) is 0 Å². The Kier molecular flexibility index (Phi) is 6.15. The summed E-state index contributed by atoms with van der Waals surface area (Å²) in [7, 11) is 0.996.